The van der Waals surface area contributed by atoms with Gasteiger partial charge in [0, 0.05) is 19.4 Å². The van der Waals surface area contributed by atoms with Crippen molar-refractivity contribution in [3.8, 4) is 0 Å². The second-order valence-electron chi connectivity index (χ2n) is 3.82. The van der Waals surface area contributed by atoms with Crippen molar-refractivity contribution in [3.05, 3.63) is 30.1 Å². The fourth-order valence-electron chi connectivity index (χ4n) is 1.63. The van der Waals surface area contributed by atoms with Crippen LogP contribution in [0.1, 0.15) is 5.56 Å². The van der Waals surface area contributed by atoms with Crippen LogP contribution in [-0.2, 0) is 18.3 Å². The van der Waals surface area contributed by atoms with Crippen molar-refractivity contribution in [3.63, 3.8) is 0 Å². The third kappa shape index (κ3) is 1.90. The quantitative estimate of drug-likeness (QED) is 0.788. The van der Waals surface area contributed by atoms with E-state index in [0.717, 1.165) is 16.6 Å². The Morgan fingerprint density at radius 3 is 3.12 bits per heavy atom. The number of rotatable bonds is 3. The third-order valence-electron chi connectivity index (χ3n) is 2.56. The summed E-state index contributed by atoms with van der Waals surface area (Å²) in [4.78, 5) is 14.9. The molecule has 0 fully saturated rings. The summed E-state index contributed by atoms with van der Waals surface area (Å²) in [5, 5.41) is 8.72. The Labute approximate surface area is 92.5 Å². The molecule has 3 N–H and O–H groups in total. The highest BCUT2D eigenvalue weighted by molar-refractivity contribution is 5.77. The van der Waals surface area contributed by atoms with Gasteiger partial charge in [-0.1, -0.05) is 0 Å². The number of aromatic nitrogens is 2. The smallest absolute Gasteiger partial charge is 0.320 e. The summed E-state index contributed by atoms with van der Waals surface area (Å²) in [6, 6.07) is 2.96. The Hall–Kier alpha value is -1.88. The molecule has 0 saturated heterocycles. The van der Waals surface area contributed by atoms with E-state index in [0.29, 0.717) is 6.42 Å². The minimum absolute atomic E-state index is 0.295. The average molecular weight is 219 g/mol. The second kappa shape index (κ2) is 3.94. The molecule has 1 unspecified atom stereocenters. The van der Waals surface area contributed by atoms with E-state index in [9.17, 15) is 4.79 Å². The van der Waals surface area contributed by atoms with Gasteiger partial charge in [0.1, 0.15) is 6.04 Å². The van der Waals surface area contributed by atoms with E-state index in [2.05, 4.69) is 4.98 Å². The molecule has 1 atom stereocenters. The number of carboxylic acids is 1. The first-order valence-corrected chi connectivity index (χ1v) is 4.96. The first-order valence-electron chi connectivity index (χ1n) is 4.96. The zero-order valence-electron chi connectivity index (χ0n) is 8.92. The highest BCUT2D eigenvalue weighted by Crippen LogP contribution is 2.14. The van der Waals surface area contributed by atoms with Gasteiger partial charge in [0.15, 0.2) is 0 Å². The van der Waals surface area contributed by atoms with Crippen LogP contribution in [0.5, 0.6) is 0 Å². The normalized spacial score (nSPS) is 12.9. The Morgan fingerprint density at radius 2 is 2.44 bits per heavy atom. The van der Waals surface area contributed by atoms with Crippen molar-refractivity contribution in [2.45, 2.75) is 12.5 Å². The van der Waals surface area contributed by atoms with Gasteiger partial charge < -0.3 is 15.4 Å². The lowest BCUT2D eigenvalue weighted by Crippen LogP contribution is -2.32. The van der Waals surface area contributed by atoms with Crippen LogP contribution in [0.25, 0.3) is 11.0 Å². The van der Waals surface area contributed by atoms with Crippen molar-refractivity contribution in [1.82, 2.24) is 9.55 Å². The summed E-state index contributed by atoms with van der Waals surface area (Å²) in [5.74, 6) is -0.994. The molecule has 0 radical (unpaired) electrons. The zero-order valence-corrected chi connectivity index (χ0v) is 8.92. The molecule has 0 aliphatic rings. The van der Waals surface area contributed by atoms with E-state index in [1.807, 2.05) is 29.9 Å². The van der Waals surface area contributed by atoms with Gasteiger partial charge in [-0.25, -0.2) is 0 Å². The van der Waals surface area contributed by atoms with Crippen LogP contribution in [0.2, 0.25) is 0 Å². The molecule has 0 bridgehead atoms. The van der Waals surface area contributed by atoms with Crippen LogP contribution in [0.4, 0.5) is 0 Å². The molecule has 2 aromatic rings. The molecule has 2 aromatic heterocycles. The summed E-state index contributed by atoms with van der Waals surface area (Å²) in [5.41, 5.74) is 8.19. The van der Waals surface area contributed by atoms with Crippen LogP contribution in [0, 0.1) is 0 Å². The number of carboxylic acid groups (broad SMARTS) is 1. The number of nitrogens with two attached hydrogens (primary N) is 1. The molecule has 0 amide bonds. The highest BCUT2D eigenvalue weighted by atomic mass is 16.4. The molecule has 5 nitrogen and oxygen atoms in total. The van der Waals surface area contributed by atoms with Crippen LogP contribution in [0.15, 0.2) is 24.5 Å². The lowest BCUT2D eigenvalue weighted by molar-refractivity contribution is -0.138. The summed E-state index contributed by atoms with van der Waals surface area (Å²) >= 11 is 0. The molecule has 0 saturated carbocycles. The summed E-state index contributed by atoms with van der Waals surface area (Å²) in [6.07, 6.45) is 3.88. The number of hydrogen-bond donors (Lipinski definition) is 2. The second-order valence-corrected chi connectivity index (χ2v) is 3.82. The van der Waals surface area contributed by atoms with E-state index in [1.54, 1.807) is 6.20 Å². The summed E-state index contributed by atoms with van der Waals surface area (Å²) in [7, 11) is 1.92. The number of hydrogen-bond acceptors (Lipinski definition) is 3. The minimum atomic E-state index is -0.994. The molecule has 16 heavy (non-hydrogen) atoms. The van der Waals surface area contributed by atoms with Crippen LogP contribution in [-0.4, -0.2) is 26.7 Å². The zero-order chi connectivity index (χ0) is 11.7. The van der Waals surface area contributed by atoms with Gasteiger partial charge in [-0.2, -0.15) is 0 Å². The maximum absolute atomic E-state index is 10.6. The monoisotopic (exact) mass is 219 g/mol. The van der Waals surface area contributed by atoms with E-state index in [1.165, 1.54) is 0 Å². The van der Waals surface area contributed by atoms with Gasteiger partial charge in [0.25, 0.3) is 0 Å². The first kappa shape index (κ1) is 10.6. The first-order chi connectivity index (χ1) is 7.58. The van der Waals surface area contributed by atoms with Crippen molar-refractivity contribution in [2.24, 2.45) is 12.8 Å². The van der Waals surface area contributed by atoms with Crippen LogP contribution in [0.3, 0.4) is 0 Å². The SMILES string of the molecule is Cn1ccc2ncc(CC(N)C(=O)O)cc21. The standard InChI is InChI=1S/C11H13N3O2/c1-14-3-2-9-10(14)5-7(6-13-9)4-8(12)11(15)16/h2-3,5-6,8H,4,12H2,1H3,(H,15,16). The number of nitrogens with zero attached hydrogens (tertiary/aromatic N) is 2. The van der Waals surface area contributed by atoms with Gasteiger partial charge >= 0.3 is 5.97 Å². The molecule has 2 heterocycles. The Bertz CT molecular complexity index is 533. The van der Waals surface area contributed by atoms with Crippen molar-refractivity contribution < 1.29 is 9.90 Å². The van der Waals surface area contributed by atoms with E-state index in [4.69, 9.17) is 10.8 Å². The third-order valence-corrected chi connectivity index (χ3v) is 2.56. The minimum Gasteiger partial charge on any atom is -0.480 e. The summed E-state index contributed by atoms with van der Waals surface area (Å²) < 4.78 is 1.94. The number of aryl methyl sites for hydroxylation is 1. The number of pyridine rings is 1. The molecule has 0 aliphatic carbocycles. The molecular formula is C11H13N3O2. The topological polar surface area (TPSA) is 81.1 Å². The van der Waals surface area contributed by atoms with E-state index >= 15 is 0 Å². The van der Waals surface area contributed by atoms with Crippen LogP contribution < -0.4 is 5.73 Å². The van der Waals surface area contributed by atoms with Gasteiger partial charge in [0.2, 0.25) is 0 Å². The van der Waals surface area contributed by atoms with Gasteiger partial charge in [-0.05, 0) is 24.1 Å². The lowest BCUT2D eigenvalue weighted by Gasteiger charge is -2.06. The number of carbonyl (C=O) groups is 1. The van der Waals surface area contributed by atoms with Crippen molar-refractivity contribution >= 4 is 17.0 Å². The molecule has 5 heteroatoms. The van der Waals surface area contributed by atoms with Crippen LogP contribution >= 0.6 is 0 Å². The van der Waals surface area contributed by atoms with Gasteiger partial charge in [-0.15, -0.1) is 0 Å². The number of fused-ring (bicyclic) bond motifs is 1. The molecular weight excluding hydrogens is 206 g/mol. The largest absolute Gasteiger partial charge is 0.480 e. The maximum Gasteiger partial charge on any atom is 0.320 e. The molecule has 0 aromatic carbocycles. The number of aliphatic carboxylic acids is 1. The van der Waals surface area contributed by atoms with Crippen molar-refractivity contribution in [1.29, 1.82) is 0 Å². The predicted molar refractivity (Wildman–Crippen MR) is 60.0 cm³/mol. The lowest BCUT2D eigenvalue weighted by atomic mass is 10.1. The Morgan fingerprint density at radius 1 is 1.69 bits per heavy atom. The maximum atomic E-state index is 10.6. The average Bonchev–Trinajstić information content (AvgIpc) is 2.60. The molecule has 84 valence electrons. The summed E-state index contributed by atoms with van der Waals surface area (Å²) in [6.45, 7) is 0. The Kier molecular flexibility index (Phi) is 2.62. The van der Waals surface area contributed by atoms with Gasteiger partial charge in [0.05, 0.1) is 11.0 Å². The van der Waals surface area contributed by atoms with Gasteiger partial charge in [-0.3, -0.25) is 9.78 Å². The predicted octanol–water partition coefficient (Wildman–Crippen LogP) is 0.528. The van der Waals surface area contributed by atoms with E-state index in [-0.39, 0.29) is 0 Å². The Balaban J connectivity index is 2.32. The fraction of sp³-hybridized carbons (Fsp3) is 0.273. The highest BCUT2D eigenvalue weighted by Gasteiger charge is 2.12. The molecule has 0 aliphatic heterocycles. The fourth-order valence-corrected chi connectivity index (χ4v) is 1.63. The van der Waals surface area contributed by atoms with Crippen molar-refractivity contribution in [2.75, 3.05) is 0 Å². The molecule has 0 spiro atoms. The molecule has 2 rings (SSSR count). The van der Waals surface area contributed by atoms with E-state index < -0.39 is 12.0 Å².